The van der Waals surface area contributed by atoms with E-state index >= 15 is 0 Å². The van der Waals surface area contributed by atoms with Crippen molar-refractivity contribution in [3.63, 3.8) is 0 Å². The van der Waals surface area contributed by atoms with Crippen LogP contribution in [0.1, 0.15) is 43.1 Å². The number of anilines is 1. The molecule has 0 atom stereocenters. The third-order valence-corrected chi connectivity index (χ3v) is 6.70. The molecule has 1 fully saturated rings. The van der Waals surface area contributed by atoms with Crippen LogP contribution in [-0.2, 0) is 17.1 Å². The van der Waals surface area contributed by atoms with Crippen molar-refractivity contribution in [2.75, 3.05) is 25.0 Å². The molecule has 0 bridgehead atoms. The molecule has 2 aromatic rings. The Morgan fingerprint density at radius 3 is 2.36 bits per heavy atom. The number of carbonyl (C=O) groups excluding carboxylic acids is 1. The predicted octanol–water partition coefficient (Wildman–Crippen LogP) is 3.24. The summed E-state index contributed by atoms with van der Waals surface area (Å²) in [6, 6.07) is 8.50. The van der Waals surface area contributed by atoms with Crippen LogP contribution in [0.25, 0.3) is 0 Å². The summed E-state index contributed by atoms with van der Waals surface area (Å²) in [7, 11) is -1.91. The zero-order chi connectivity index (χ0) is 20.1. The summed E-state index contributed by atoms with van der Waals surface area (Å²) < 4.78 is 34.4. The average molecular weight is 406 g/mol. The van der Waals surface area contributed by atoms with Gasteiger partial charge in [0.25, 0.3) is 5.91 Å². The van der Waals surface area contributed by atoms with Crippen molar-refractivity contribution in [2.24, 2.45) is 7.05 Å². The maximum absolute atomic E-state index is 13.0. The van der Waals surface area contributed by atoms with E-state index in [2.05, 4.69) is 5.32 Å². The first-order chi connectivity index (χ1) is 13.4. The van der Waals surface area contributed by atoms with Gasteiger partial charge in [0.2, 0.25) is 10.0 Å². The lowest BCUT2D eigenvalue weighted by Crippen LogP contribution is -2.31. The van der Waals surface area contributed by atoms with E-state index in [1.165, 1.54) is 16.6 Å². The maximum atomic E-state index is 13.0. The Morgan fingerprint density at radius 2 is 1.75 bits per heavy atom. The van der Waals surface area contributed by atoms with Gasteiger partial charge in [-0.1, -0.05) is 12.8 Å². The third kappa shape index (κ3) is 4.56. The Bertz CT molecular complexity index is 911. The SMILES string of the molecule is CCOc1ccc(NC(=O)c2cc(S(=O)(=O)N3CCCCCC3)cn2C)cc1. The Labute approximate surface area is 166 Å². The minimum atomic E-state index is -3.59. The van der Waals surface area contributed by atoms with E-state index in [1.807, 2.05) is 6.92 Å². The molecule has 1 amide bonds. The lowest BCUT2D eigenvalue weighted by Gasteiger charge is -2.18. The van der Waals surface area contributed by atoms with Gasteiger partial charge in [-0.05, 0) is 50.1 Å². The largest absolute Gasteiger partial charge is 0.494 e. The zero-order valence-electron chi connectivity index (χ0n) is 16.3. The quantitative estimate of drug-likeness (QED) is 0.800. The van der Waals surface area contributed by atoms with Gasteiger partial charge in [0.15, 0.2) is 0 Å². The molecule has 152 valence electrons. The van der Waals surface area contributed by atoms with Crippen molar-refractivity contribution in [3.05, 3.63) is 42.2 Å². The first-order valence-corrected chi connectivity index (χ1v) is 11.1. The summed E-state index contributed by atoms with van der Waals surface area (Å²) in [4.78, 5) is 12.8. The maximum Gasteiger partial charge on any atom is 0.272 e. The lowest BCUT2D eigenvalue weighted by molar-refractivity contribution is 0.101. The van der Waals surface area contributed by atoms with Crippen molar-refractivity contribution in [1.29, 1.82) is 0 Å². The van der Waals surface area contributed by atoms with E-state index in [1.54, 1.807) is 35.9 Å². The minimum Gasteiger partial charge on any atom is -0.494 e. The normalized spacial score (nSPS) is 15.8. The molecule has 0 unspecified atom stereocenters. The average Bonchev–Trinajstić information content (AvgIpc) is 2.89. The molecule has 2 heterocycles. The van der Waals surface area contributed by atoms with Gasteiger partial charge in [0.1, 0.15) is 16.3 Å². The molecule has 1 aliphatic heterocycles. The number of hydrogen-bond donors (Lipinski definition) is 1. The summed E-state index contributed by atoms with van der Waals surface area (Å²) in [6.45, 7) is 3.54. The summed E-state index contributed by atoms with van der Waals surface area (Å²) in [6.07, 6.45) is 5.36. The van der Waals surface area contributed by atoms with Crippen LogP contribution in [0.2, 0.25) is 0 Å². The number of nitrogens with zero attached hydrogens (tertiary/aromatic N) is 2. The zero-order valence-corrected chi connectivity index (χ0v) is 17.2. The van der Waals surface area contributed by atoms with Gasteiger partial charge in [0.05, 0.1) is 6.61 Å². The van der Waals surface area contributed by atoms with Crippen LogP contribution in [0, 0.1) is 0 Å². The highest BCUT2D eigenvalue weighted by Crippen LogP contribution is 2.23. The fourth-order valence-corrected chi connectivity index (χ4v) is 4.92. The summed E-state index contributed by atoms with van der Waals surface area (Å²) in [5.74, 6) is 0.370. The molecule has 1 aromatic heterocycles. The molecule has 0 radical (unpaired) electrons. The van der Waals surface area contributed by atoms with Gasteiger partial charge in [0, 0.05) is 32.0 Å². The molecule has 0 aliphatic carbocycles. The number of hydrogen-bond acceptors (Lipinski definition) is 4. The number of sulfonamides is 1. The highest BCUT2D eigenvalue weighted by atomic mass is 32.2. The second-order valence-electron chi connectivity index (χ2n) is 6.90. The van der Waals surface area contributed by atoms with E-state index in [-0.39, 0.29) is 10.8 Å². The van der Waals surface area contributed by atoms with Gasteiger partial charge < -0.3 is 14.6 Å². The number of benzene rings is 1. The molecular formula is C20H27N3O4S. The van der Waals surface area contributed by atoms with Gasteiger partial charge >= 0.3 is 0 Å². The molecule has 3 rings (SSSR count). The monoisotopic (exact) mass is 405 g/mol. The predicted molar refractivity (Wildman–Crippen MR) is 108 cm³/mol. The van der Waals surface area contributed by atoms with Gasteiger partial charge in [-0.15, -0.1) is 0 Å². The van der Waals surface area contributed by atoms with E-state index < -0.39 is 10.0 Å². The minimum absolute atomic E-state index is 0.161. The topological polar surface area (TPSA) is 80.6 Å². The molecule has 1 saturated heterocycles. The fraction of sp³-hybridized carbons (Fsp3) is 0.450. The molecule has 1 aliphatic rings. The number of ether oxygens (including phenoxy) is 1. The number of amides is 1. The smallest absolute Gasteiger partial charge is 0.272 e. The highest BCUT2D eigenvalue weighted by Gasteiger charge is 2.27. The molecule has 0 spiro atoms. The standard InChI is InChI=1S/C20H27N3O4S/c1-3-27-17-10-8-16(9-11-17)21-20(24)19-14-18(15-22(19)2)28(25,26)23-12-6-4-5-7-13-23/h8-11,14-15H,3-7,12-13H2,1-2H3,(H,21,24). The first kappa shape index (κ1) is 20.4. The van der Waals surface area contributed by atoms with Crippen molar-refractivity contribution in [1.82, 2.24) is 8.87 Å². The Morgan fingerprint density at radius 1 is 1.11 bits per heavy atom. The van der Waals surface area contributed by atoms with Crippen molar-refractivity contribution >= 4 is 21.6 Å². The van der Waals surface area contributed by atoms with E-state index in [4.69, 9.17) is 4.74 Å². The number of carbonyl (C=O) groups is 1. The number of nitrogens with one attached hydrogen (secondary N) is 1. The lowest BCUT2D eigenvalue weighted by atomic mass is 10.2. The van der Waals surface area contributed by atoms with Gasteiger partial charge in [-0.3, -0.25) is 4.79 Å². The Kier molecular flexibility index (Phi) is 6.41. The highest BCUT2D eigenvalue weighted by molar-refractivity contribution is 7.89. The first-order valence-electron chi connectivity index (χ1n) is 9.62. The van der Waals surface area contributed by atoms with Crippen molar-refractivity contribution < 1.29 is 17.9 Å². The van der Waals surface area contributed by atoms with E-state index in [0.717, 1.165) is 31.4 Å². The van der Waals surface area contributed by atoms with Crippen LogP contribution in [0.15, 0.2) is 41.4 Å². The fourth-order valence-electron chi connectivity index (χ4n) is 3.33. The van der Waals surface area contributed by atoms with Crippen LogP contribution in [0.4, 0.5) is 5.69 Å². The van der Waals surface area contributed by atoms with Crippen LogP contribution in [0.5, 0.6) is 5.75 Å². The Hall–Kier alpha value is -2.32. The molecule has 28 heavy (non-hydrogen) atoms. The molecular weight excluding hydrogens is 378 g/mol. The molecule has 1 N–H and O–H groups in total. The van der Waals surface area contributed by atoms with Crippen LogP contribution in [0.3, 0.4) is 0 Å². The molecule has 0 saturated carbocycles. The van der Waals surface area contributed by atoms with Crippen LogP contribution in [-0.4, -0.2) is 42.9 Å². The van der Waals surface area contributed by atoms with E-state index in [0.29, 0.717) is 31.1 Å². The van der Waals surface area contributed by atoms with Gasteiger partial charge in [-0.25, -0.2) is 8.42 Å². The molecule has 1 aromatic carbocycles. The summed E-state index contributed by atoms with van der Waals surface area (Å²) >= 11 is 0. The number of aromatic nitrogens is 1. The Balaban J connectivity index is 1.76. The molecule has 7 nitrogen and oxygen atoms in total. The van der Waals surface area contributed by atoms with Crippen LogP contribution >= 0.6 is 0 Å². The molecule has 8 heteroatoms. The van der Waals surface area contributed by atoms with Crippen molar-refractivity contribution in [2.45, 2.75) is 37.5 Å². The second-order valence-corrected chi connectivity index (χ2v) is 8.84. The van der Waals surface area contributed by atoms with E-state index in [9.17, 15) is 13.2 Å². The summed E-state index contributed by atoms with van der Waals surface area (Å²) in [5, 5.41) is 2.80. The summed E-state index contributed by atoms with van der Waals surface area (Å²) in [5.41, 5.74) is 0.911. The second kappa shape index (κ2) is 8.79. The van der Waals surface area contributed by atoms with Crippen molar-refractivity contribution in [3.8, 4) is 5.75 Å². The van der Waals surface area contributed by atoms with Crippen LogP contribution < -0.4 is 10.1 Å². The number of aryl methyl sites for hydroxylation is 1. The van der Waals surface area contributed by atoms with Gasteiger partial charge in [-0.2, -0.15) is 4.31 Å². The number of rotatable bonds is 6. The third-order valence-electron chi connectivity index (χ3n) is 4.84.